The highest BCUT2D eigenvalue weighted by Gasteiger charge is 2.23. The lowest BCUT2D eigenvalue weighted by atomic mass is 10.0. The van der Waals surface area contributed by atoms with Gasteiger partial charge in [0.25, 0.3) is 0 Å². The van der Waals surface area contributed by atoms with Gasteiger partial charge in [-0.2, -0.15) is 0 Å². The molecule has 0 bridgehead atoms. The monoisotopic (exact) mass is 422 g/mol. The summed E-state index contributed by atoms with van der Waals surface area (Å²) in [7, 11) is 1.76. The topological polar surface area (TPSA) is 68.1 Å². The van der Waals surface area contributed by atoms with Crippen molar-refractivity contribution in [2.45, 2.75) is 26.8 Å². The van der Waals surface area contributed by atoms with Gasteiger partial charge in [0.2, 0.25) is 0 Å². The standard InChI is InChI=1S/C23H27FN6O/c1-6-19-20(9-17(24)10-21(19)25-5)22-11-18(30-15(3)27-28-16(30)4)12-23(26-22)29-7-8-31-13-14(29)2/h6,9-12,14,25H,1,7-8,13H2,2-5H3/t14-/m1/s1. The van der Waals surface area contributed by atoms with Crippen LogP contribution in [0.2, 0.25) is 0 Å². The Hall–Kier alpha value is -3.26. The van der Waals surface area contributed by atoms with Gasteiger partial charge in [-0.1, -0.05) is 12.7 Å². The summed E-state index contributed by atoms with van der Waals surface area (Å²) < 4.78 is 22.1. The molecule has 4 rings (SSSR count). The minimum atomic E-state index is -0.338. The molecule has 1 fully saturated rings. The maximum atomic E-state index is 14.5. The van der Waals surface area contributed by atoms with Crippen molar-refractivity contribution in [3.05, 3.63) is 53.9 Å². The molecule has 0 saturated carbocycles. The molecule has 1 aromatic carbocycles. The van der Waals surface area contributed by atoms with E-state index in [0.717, 1.165) is 35.3 Å². The largest absolute Gasteiger partial charge is 0.388 e. The van der Waals surface area contributed by atoms with Gasteiger partial charge in [-0.05, 0) is 39.0 Å². The van der Waals surface area contributed by atoms with Crippen LogP contribution in [0.1, 0.15) is 24.1 Å². The van der Waals surface area contributed by atoms with Crippen molar-refractivity contribution in [1.29, 1.82) is 0 Å². The number of rotatable bonds is 5. The Morgan fingerprint density at radius 1 is 1.19 bits per heavy atom. The molecule has 0 unspecified atom stereocenters. The molecule has 3 aromatic rings. The maximum Gasteiger partial charge on any atom is 0.134 e. The van der Waals surface area contributed by atoms with Crippen LogP contribution in [-0.2, 0) is 4.74 Å². The molecule has 7 nitrogen and oxygen atoms in total. The van der Waals surface area contributed by atoms with Gasteiger partial charge in [0.15, 0.2) is 0 Å². The van der Waals surface area contributed by atoms with Gasteiger partial charge in [0, 0.05) is 36.5 Å². The lowest BCUT2D eigenvalue weighted by molar-refractivity contribution is 0.0985. The van der Waals surface area contributed by atoms with Crippen LogP contribution in [0, 0.1) is 19.7 Å². The maximum absolute atomic E-state index is 14.5. The van der Waals surface area contributed by atoms with Gasteiger partial charge >= 0.3 is 0 Å². The average molecular weight is 423 g/mol. The molecule has 3 heterocycles. The molecule has 162 valence electrons. The van der Waals surface area contributed by atoms with Gasteiger partial charge in [-0.15, -0.1) is 10.2 Å². The molecule has 1 aliphatic heterocycles. The highest BCUT2D eigenvalue weighted by atomic mass is 19.1. The van der Waals surface area contributed by atoms with E-state index < -0.39 is 0 Å². The fraction of sp³-hybridized carbons (Fsp3) is 0.348. The second-order valence-electron chi connectivity index (χ2n) is 7.68. The summed E-state index contributed by atoms with van der Waals surface area (Å²) in [6.07, 6.45) is 1.72. The second-order valence-corrected chi connectivity index (χ2v) is 7.68. The van der Waals surface area contributed by atoms with Gasteiger partial charge in [0.1, 0.15) is 23.3 Å². The summed E-state index contributed by atoms with van der Waals surface area (Å²) >= 11 is 0. The number of nitrogens with one attached hydrogen (secondary N) is 1. The smallest absolute Gasteiger partial charge is 0.134 e. The van der Waals surface area contributed by atoms with Gasteiger partial charge in [-0.3, -0.25) is 4.57 Å². The molecule has 0 radical (unpaired) electrons. The molecule has 0 spiro atoms. The summed E-state index contributed by atoms with van der Waals surface area (Å²) in [5.74, 6) is 2.01. The Balaban J connectivity index is 1.97. The minimum Gasteiger partial charge on any atom is -0.388 e. The van der Waals surface area contributed by atoms with Crippen molar-refractivity contribution in [1.82, 2.24) is 19.7 Å². The number of anilines is 2. The van der Waals surface area contributed by atoms with Gasteiger partial charge in [-0.25, -0.2) is 9.37 Å². The van der Waals surface area contributed by atoms with E-state index in [-0.39, 0.29) is 11.9 Å². The highest BCUT2D eigenvalue weighted by molar-refractivity contribution is 5.82. The van der Waals surface area contributed by atoms with Crippen LogP contribution >= 0.6 is 0 Å². The first-order valence-corrected chi connectivity index (χ1v) is 10.3. The van der Waals surface area contributed by atoms with Crippen molar-refractivity contribution >= 4 is 17.6 Å². The summed E-state index contributed by atoms with van der Waals surface area (Å²) in [6.45, 7) is 11.9. The molecular formula is C23H27FN6O. The number of benzene rings is 1. The SMILES string of the molecule is C=Cc1c(NC)cc(F)cc1-c1cc(-n2c(C)nnc2C)cc(N2CCOC[C@H]2C)n1. The molecule has 2 aromatic heterocycles. The van der Waals surface area contributed by atoms with Gasteiger partial charge < -0.3 is 15.0 Å². The van der Waals surface area contributed by atoms with E-state index in [1.807, 2.05) is 30.5 Å². The number of hydrogen-bond acceptors (Lipinski definition) is 6. The Kier molecular flexibility index (Phi) is 5.73. The van der Waals surface area contributed by atoms with E-state index in [9.17, 15) is 4.39 Å². The fourth-order valence-electron chi connectivity index (χ4n) is 4.08. The van der Waals surface area contributed by atoms with Crippen molar-refractivity contribution in [3.8, 4) is 16.9 Å². The third-order valence-electron chi connectivity index (χ3n) is 5.60. The predicted molar refractivity (Wildman–Crippen MR) is 121 cm³/mol. The number of halogens is 1. The third kappa shape index (κ3) is 3.90. The second kappa shape index (κ2) is 8.47. The lowest BCUT2D eigenvalue weighted by Crippen LogP contribution is -2.44. The van der Waals surface area contributed by atoms with Crippen LogP contribution in [-0.4, -0.2) is 52.6 Å². The molecule has 8 heteroatoms. The summed E-state index contributed by atoms with van der Waals surface area (Å²) in [5.41, 5.74) is 3.67. The molecule has 0 aliphatic carbocycles. The number of nitrogens with zero attached hydrogens (tertiary/aromatic N) is 5. The molecule has 1 saturated heterocycles. The minimum absolute atomic E-state index is 0.173. The third-order valence-corrected chi connectivity index (χ3v) is 5.60. The van der Waals surface area contributed by atoms with Gasteiger partial charge in [0.05, 0.1) is 30.6 Å². The van der Waals surface area contributed by atoms with E-state index in [1.54, 1.807) is 13.1 Å². The van der Waals surface area contributed by atoms with Crippen LogP contribution in [0.5, 0.6) is 0 Å². The molecule has 1 aliphatic rings. The molecule has 0 amide bonds. The molecule has 31 heavy (non-hydrogen) atoms. The zero-order valence-corrected chi connectivity index (χ0v) is 18.3. The first-order valence-electron chi connectivity index (χ1n) is 10.3. The first kappa shape index (κ1) is 21.0. The number of hydrogen-bond donors (Lipinski definition) is 1. The van der Waals surface area contributed by atoms with E-state index in [1.165, 1.54) is 12.1 Å². The van der Waals surface area contributed by atoms with E-state index in [2.05, 4.69) is 33.9 Å². The Morgan fingerprint density at radius 2 is 1.94 bits per heavy atom. The number of pyridine rings is 1. The molecule has 1 N–H and O–H groups in total. The molecular weight excluding hydrogens is 395 g/mol. The summed E-state index contributed by atoms with van der Waals surface area (Å²) in [4.78, 5) is 7.17. The van der Waals surface area contributed by atoms with E-state index in [0.29, 0.717) is 30.2 Å². The van der Waals surface area contributed by atoms with Crippen LogP contribution in [0.15, 0.2) is 30.8 Å². The van der Waals surface area contributed by atoms with Crippen LogP contribution < -0.4 is 10.2 Å². The van der Waals surface area contributed by atoms with Crippen LogP contribution in [0.4, 0.5) is 15.9 Å². The van der Waals surface area contributed by atoms with E-state index in [4.69, 9.17) is 9.72 Å². The first-order chi connectivity index (χ1) is 14.9. The van der Waals surface area contributed by atoms with Crippen molar-refractivity contribution < 1.29 is 9.13 Å². The van der Waals surface area contributed by atoms with Crippen molar-refractivity contribution in [2.24, 2.45) is 0 Å². The zero-order valence-electron chi connectivity index (χ0n) is 18.3. The Labute approximate surface area is 181 Å². The Morgan fingerprint density at radius 3 is 2.58 bits per heavy atom. The fourth-order valence-corrected chi connectivity index (χ4v) is 4.08. The summed E-state index contributed by atoms with van der Waals surface area (Å²) in [6, 6.07) is 7.11. The number of aromatic nitrogens is 4. The number of morpholine rings is 1. The lowest BCUT2D eigenvalue weighted by Gasteiger charge is -2.34. The normalized spacial score (nSPS) is 16.4. The number of ether oxygens (including phenoxy) is 1. The number of aryl methyl sites for hydroxylation is 2. The van der Waals surface area contributed by atoms with Crippen LogP contribution in [0.25, 0.3) is 23.0 Å². The Bertz CT molecular complexity index is 1110. The average Bonchev–Trinajstić information content (AvgIpc) is 3.11. The summed E-state index contributed by atoms with van der Waals surface area (Å²) in [5, 5.41) is 11.5. The molecule has 1 atom stereocenters. The zero-order chi connectivity index (χ0) is 22.1. The van der Waals surface area contributed by atoms with E-state index >= 15 is 0 Å². The van der Waals surface area contributed by atoms with Crippen molar-refractivity contribution in [3.63, 3.8) is 0 Å². The van der Waals surface area contributed by atoms with Crippen LogP contribution in [0.3, 0.4) is 0 Å². The predicted octanol–water partition coefficient (Wildman–Crippen LogP) is 4.00. The quantitative estimate of drug-likeness (QED) is 0.671. The van der Waals surface area contributed by atoms with Crippen molar-refractivity contribution in [2.75, 3.05) is 37.0 Å². The highest BCUT2D eigenvalue weighted by Crippen LogP contribution is 2.34.